The molecule has 0 aromatic heterocycles. The molecule has 110 valence electrons. The molecule has 0 saturated carbocycles. The van der Waals surface area contributed by atoms with Crippen molar-refractivity contribution in [3.05, 3.63) is 33.8 Å². The lowest BCUT2D eigenvalue weighted by Gasteiger charge is -2.46. The summed E-state index contributed by atoms with van der Waals surface area (Å²) in [5, 5.41) is 0. The molecule has 1 aromatic rings. The highest BCUT2D eigenvalue weighted by molar-refractivity contribution is 9.10. The summed E-state index contributed by atoms with van der Waals surface area (Å²) in [6, 6.07) is 8.76. The lowest BCUT2D eigenvalue weighted by Crippen LogP contribution is -2.55. The number of halogens is 1. The molecular formula is C17H25BrN2. The van der Waals surface area contributed by atoms with Gasteiger partial charge in [0.2, 0.25) is 0 Å². The average molecular weight is 337 g/mol. The molecule has 2 aliphatic rings. The van der Waals surface area contributed by atoms with E-state index in [-0.39, 0.29) is 0 Å². The number of rotatable bonds is 2. The van der Waals surface area contributed by atoms with Crippen LogP contribution in [0.15, 0.2) is 22.7 Å². The number of nitrogens with two attached hydrogens (primary N) is 1. The summed E-state index contributed by atoms with van der Waals surface area (Å²) in [5.74, 6) is 0. The second-order valence-corrected chi connectivity index (χ2v) is 7.34. The molecule has 2 N–H and O–H groups in total. The SMILES string of the molecule is CC1CCCC(CN)N1C1CCc2cc(Br)ccc2C1. The molecule has 1 fully saturated rings. The minimum absolute atomic E-state index is 0.598. The van der Waals surface area contributed by atoms with Crippen molar-refractivity contribution < 1.29 is 0 Å². The first-order valence-electron chi connectivity index (χ1n) is 7.94. The normalized spacial score (nSPS) is 31.1. The van der Waals surface area contributed by atoms with Crippen LogP contribution in [0.25, 0.3) is 0 Å². The Balaban J connectivity index is 1.79. The number of benzene rings is 1. The van der Waals surface area contributed by atoms with Crippen LogP contribution in [0.3, 0.4) is 0 Å². The van der Waals surface area contributed by atoms with Crippen molar-refractivity contribution in [2.75, 3.05) is 6.54 Å². The lowest BCUT2D eigenvalue weighted by molar-refractivity contribution is 0.0435. The van der Waals surface area contributed by atoms with Crippen LogP contribution < -0.4 is 5.73 Å². The first-order chi connectivity index (χ1) is 9.69. The van der Waals surface area contributed by atoms with Gasteiger partial charge >= 0.3 is 0 Å². The Morgan fingerprint density at radius 3 is 2.90 bits per heavy atom. The van der Waals surface area contributed by atoms with Crippen LogP contribution in [0.4, 0.5) is 0 Å². The molecule has 0 spiro atoms. The van der Waals surface area contributed by atoms with Gasteiger partial charge in [-0.3, -0.25) is 4.90 Å². The van der Waals surface area contributed by atoms with Gasteiger partial charge in [0.1, 0.15) is 0 Å². The van der Waals surface area contributed by atoms with E-state index < -0.39 is 0 Å². The van der Waals surface area contributed by atoms with E-state index in [1.54, 1.807) is 0 Å². The summed E-state index contributed by atoms with van der Waals surface area (Å²) in [6.07, 6.45) is 7.65. The summed E-state index contributed by atoms with van der Waals surface area (Å²) in [6.45, 7) is 3.20. The van der Waals surface area contributed by atoms with E-state index in [0.29, 0.717) is 18.1 Å². The molecule has 3 atom stereocenters. The fraction of sp³-hybridized carbons (Fsp3) is 0.647. The topological polar surface area (TPSA) is 29.3 Å². The van der Waals surface area contributed by atoms with Crippen molar-refractivity contribution in [2.45, 2.75) is 63.6 Å². The molecule has 3 unspecified atom stereocenters. The predicted octanol–water partition coefficient (Wildman–Crippen LogP) is 3.51. The molecule has 2 nitrogen and oxygen atoms in total. The number of fused-ring (bicyclic) bond motifs is 1. The van der Waals surface area contributed by atoms with Gasteiger partial charge < -0.3 is 5.73 Å². The standard InChI is InChI=1S/C17H25BrN2/c1-12-3-2-4-17(11-19)20(12)16-8-6-13-9-15(18)7-5-14(13)10-16/h5,7,9,12,16-17H,2-4,6,8,10-11,19H2,1H3. The van der Waals surface area contributed by atoms with E-state index in [2.05, 4.69) is 46.0 Å². The Bertz CT molecular complexity index is 474. The minimum atomic E-state index is 0.598. The molecule has 0 radical (unpaired) electrons. The van der Waals surface area contributed by atoms with E-state index in [0.717, 1.165) is 6.54 Å². The number of likely N-dealkylation sites (tertiary alicyclic amines) is 1. The number of aryl methyl sites for hydroxylation is 1. The van der Waals surface area contributed by atoms with Crippen LogP contribution in [-0.2, 0) is 12.8 Å². The molecule has 20 heavy (non-hydrogen) atoms. The Labute approximate surface area is 130 Å². The highest BCUT2D eigenvalue weighted by Gasteiger charge is 2.34. The average Bonchev–Trinajstić information content (AvgIpc) is 2.46. The minimum Gasteiger partial charge on any atom is -0.329 e. The summed E-state index contributed by atoms with van der Waals surface area (Å²) in [5.41, 5.74) is 9.10. The third-order valence-corrected chi connectivity index (χ3v) is 5.65. The largest absolute Gasteiger partial charge is 0.329 e. The molecule has 3 rings (SSSR count). The number of hydrogen-bond donors (Lipinski definition) is 1. The zero-order chi connectivity index (χ0) is 14.1. The summed E-state index contributed by atoms with van der Waals surface area (Å²) in [4.78, 5) is 2.74. The monoisotopic (exact) mass is 336 g/mol. The molecule has 3 heteroatoms. The highest BCUT2D eigenvalue weighted by atomic mass is 79.9. The van der Waals surface area contributed by atoms with Crippen molar-refractivity contribution in [3.63, 3.8) is 0 Å². The Morgan fingerprint density at radius 2 is 2.10 bits per heavy atom. The second-order valence-electron chi connectivity index (χ2n) is 6.43. The molecule has 0 amide bonds. The zero-order valence-electron chi connectivity index (χ0n) is 12.3. The predicted molar refractivity (Wildman–Crippen MR) is 87.9 cm³/mol. The number of piperidine rings is 1. The van der Waals surface area contributed by atoms with Crippen LogP contribution in [0.2, 0.25) is 0 Å². The molecular weight excluding hydrogens is 312 g/mol. The quantitative estimate of drug-likeness (QED) is 0.895. The van der Waals surface area contributed by atoms with Gasteiger partial charge in [0.05, 0.1) is 0 Å². The lowest BCUT2D eigenvalue weighted by atomic mass is 9.84. The van der Waals surface area contributed by atoms with Crippen LogP contribution >= 0.6 is 15.9 Å². The zero-order valence-corrected chi connectivity index (χ0v) is 13.9. The molecule has 1 aliphatic carbocycles. The molecule has 1 heterocycles. The molecule has 1 aromatic carbocycles. The van der Waals surface area contributed by atoms with Crippen molar-refractivity contribution in [1.82, 2.24) is 4.90 Å². The van der Waals surface area contributed by atoms with Crippen LogP contribution in [-0.4, -0.2) is 29.6 Å². The maximum absolute atomic E-state index is 6.03. The van der Waals surface area contributed by atoms with Gasteiger partial charge in [-0.2, -0.15) is 0 Å². The van der Waals surface area contributed by atoms with Gasteiger partial charge in [0.15, 0.2) is 0 Å². The van der Waals surface area contributed by atoms with Crippen molar-refractivity contribution in [1.29, 1.82) is 0 Å². The summed E-state index contributed by atoms with van der Waals surface area (Å²) < 4.78 is 1.21. The van der Waals surface area contributed by atoms with Gasteiger partial charge in [0.25, 0.3) is 0 Å². The fourth-order valence-electron chi connectivity index (χ4n) is 4.16. The third-order valence-electron chi connectivity index (χ3n) is 5.15. The van der Waals surface area contributed by atoms with Crippen LogP contribution in [0.1, 0.15) is 43.7 Å². The van der Waals surface area contributed by atoms with E-state index in [4.69, 9.17) is 5.73 Å². The van der Waals surface area contributed by atoms with Crippen molar-refractivity contribution >= 4 is 15.9 Å². The van der Waals surface area contributed by atoms with Crippen molar-refractivity contribution in [2.24, 2.45) is 5.73 Å². The first kappa shape index (κ1) is 14.6. The smallest absolute Gasteiger partial charge is 0.0224 e. The Kier molecular flexibility index (Phi) is 4.49. The Morgan fingerprint density at radius 1 is 1.25 bits per heavy atom. The summed E-state index contributed by atoms with van der Waals surface area (Å²) >= 11 is 3.59. The molecule has 1 aliphatic heterocycles. The molecule has 0 bridgehead atoms. The summed E-state index contributed by atoms with van der Waals surface area (Å²) in [7, 11) is 0. The van der Waals surface area contributed by atoms with E-state index in [1.807, 2.05) is 0 Å². The van der Waals surface area contributed by atoms with E-state index in [9.17, 15) is 0 Å². The fourth-order valence-corrected chi connectivity index (χ4v) is 4.57. The Hall–Kier alpha value is -0.380. The van der Waals surface area contributed by atoms with Gasteiger partial charge in [-0.1, -0.05) is 28.4 Å². The van der Waals surface area contributed by atoms with Gasteiger partial charge in [-0.15, -0.1) is 0 Å². The highest BCUT2D eigenvalue weighted by Crippen LogP contribution is 2.32. The van der Waals surface area contributed by atoms with Gasteiger partial charge in [-0.05, 0) is 62.3 Å². The van der Waals surface area contributed by atoms with Gasteiger partial charge in [0, 0.05) is 29.1 Å². The second kappa shape index (κ2) is 6.17. The first-order valence-corrected chi connectivity index (χ1v) is 8.73. The number of hydrogen-bond acceptors (Lipinski definition) is 2. The van der Waals surface area contributed by atoms with Crippen LogP contribution in [0.5, 0.6) is 0 Å². The third kappa shape index (κ3) is 2.81. The van der Waals surface area contributed by atoms with Crippen molar-refractivity contribution in [3.8, 4) is 0 Å². The maximum Gasteiger partial charge on any atom is 0.0224 e. The van der Waals surface area contributed by atoms with Crippen LogP contribution in [0, 0.1) is 0 Å². The van der Waals surface area contributed by atoms with Gasteiger partial charge in [-0.25, -0.2) is 0 Å². The van der Waals surface area contributed by atoms with E-state index in [1.165, 1.54) is 54.1 Å². The van der Waals surface area contributed by atoms with E-state index >= 15 is 0 Å². The molecule has 1 saturated heterocycles. The maximum atomic E-state index is 6.03. The number of nitrogens with zero attached hydrogens (tertiary/aromatic N) is 1.